The smallest absolute Gasteiger partial charge is 0.274 e. The molecule has 3 heterocycles. The van der Waals surface area contributed by atoms with Gasteiger partial charge in [-0.25, -0.2) is 4.98 Å². The van der Waals surface area contributed by atoms with Crippen LogP contribution in [0.25, 0.3) is 0 Å². The van der Waals surface area contributed by atoms with Crippen LogP contribution in [0.15, 0.2) is 23.7 Å². The number of halogens is 1. The monoisotopic (exact) mass is 309 g/mol. The van der Waals surface area contributed by atoms with Gasteiger partial charge < -0.3 is 9.80 Å². The number of thiazole rings is 1. The molecule has 0 spiro atoms. The van der Waals surface area contributed by atoms with Gasteiger partial charge in [0.15, 0.2) is 16.0 Å². The first-order chi connectivity index (χ1) is 9.74. The van der Waals surface area contributed by atoms with Gasteiger partial charge >= 0.3 is 0 Å². The Labute approximate surface area is 125 Å². The van der Waals surface area contributed by atoms with E-state index in [1.807, 2.05) is 5.38 Å². The number of carbonyl (C=O) groups is 1. The van der Waals surface area contributed by atoms with Gasteiger partial charge in [-0.1, -0.05) is 11.6 Å². The lowest BCUT2D eigenvalue weighted by atomic mass is 10.3. The van der Waals surface area contributed by atoms with Crippen molar-refractivity contribution in [2.75, 3.05) is 31.1 Å². The van der Waals surface area contributed by atoms with Crippen molar-refractivity contribution in [3.8, 4) is 0 Å². The average Bonchev–Trinajstić information content (AvgIpc) is 3.02. The fourth-order valence-electron chi connectivity index (χ4n) is 2.06. The summed E-state index contributed by atoms with van der Waals surface area (Å²) in [6, 6.07) is 3.18. The summed E-state index contributed by atoms with van der Waals surface area (Å²) in [4.78, 5) is 20.5. The number of hydrogen-bond acceptors (Lipinski definition) is 6. The van der Waals surface area contributed by atoms with E-state index in [0.29, 0.717) is 18.8 Å². The average molecular weight is 310 g/mol. The minimum absolute atomic E-state index is 0.104. The van der Waals surface area contributed by atoms with E-state index in [-0.39, 0.29) is 11.1 Å². The molecule has 0 unspecified atom stereocenters. The van der Waals surface area contributed by atoms with Gasteiger partial charge in [-0.2, -0.15) is 0 Å². The zero-order chi connectivity index (χ0) is 13.9. The van der Waals surface area contributed by atoms with Crippen molar-refractivity contribution in [1.82, 2.24) is 20.1 Å². The minimum atomic E-state index is -0.104. The zero-order valence-electron chi connectivity index (χ0n) is 10.6. The normalized spacial score (nSPS) is 15.4. The van der Waals surface area contributed by atoms with Crippen LogP contribution in [0.2, 0.25) is 5.15 Å². The molecule has 0 aromatic carbocycles. The largest absolute Gasteiger partial charge is 0.345 e. The zero-order valence-corrected chi connectivity index (χ0v) is 12.1. The molecule has 6 nitrogen and oxygen atoms in total. The lowest BCUT2D eigenvalue weighted by Crippen LogP contribution is -2.49. The third-order valence-electron chi connectivity index (χ3n) is 3.11. The van der Waals surface area contributed by atoms with Crippen LogP contribution in [-0.2, 0) is 0 Å². The Balaban J connectivity index is 1.63. The first-order valence-corrected chi connectivity index (χ1v) is 7.43. The van der Waals surface area contributed by atoms with Gasteiger partial charge in [0.1, 0.15) is 0 Å². The second-order valence-corrected chi connectivity index (χ2v) is 5.60. The van der Waals surface area contributed by atoms with Crippen molar-refractivity contribution in [2.24, 2.45) is 0 Å². The van der Waals surface area contributed by atoms with E-state index in [1.54, 1.807) is 34.6 Å². The standard InChI is InChI=1S/C12H12ClN5OS/c13-10-2-1-9(15-16-10)11(19)17-4-6-18(7-5-17)12-14-3-8-20-12/h1-3,8H,4-7H2. The fourth-order valence-corrected chi connectivity index (χ4v) is 2.86. The molecule has 8 heteroatoms. The summed E-state index contributed by atoms with van der Waals surface area (Å²) in [5.41, 5.74) is 0.331. The summed E-state index contributed by atoms with van der Waals surface area (Å²) >= 11 is 7.28. The molecule has 0 atom stereocenters. The Hall–Kier alpha value is -1.73. The summed E-state index contributed by atoms with van der Waals surface area (Å²) in [6.45, 7) is 2.87. The maximum atomic E-state index is 12.3. The van der Waals surface area contributed by atoms with Crippen LogP contribution in [0.4, 0.5) is 5.13 Å². The van der Waals surface area contributed by atoms with Gasteiger partial charge in [0, 0.05) is 37.8 Å². The number of piperazine rings is 1. The minimum Gasteiger partial charge on any atom is -0.345 e. The molecule has 1 saturated heterocycles. The highest BCUT2D eigenvalue weighted by molar-refractivity contribution is 7.13. The Morgan fingerprint density at radius 3 is 2.60 bits per heavy atom. The number of carbonyl (C=O) groups excluding carboxylic acids is 1. The van der Waals surface area contributed by atoms with Crippen molar-refractivity contribution in [3.05, 3.63) is 34.6 Å². The predicted octanol–water partition coefficient (Wildman–Crippen LogP) is 1.55. The highest BCUT2D eigenvalue weighted by Gasteiger charge is 2.24. The molecular weight excluding hydrogens is 298 g/mol. The van der Waals surface area contributed by atoms with Crippen molar-refractivity contribution in [3.63, 3.8) is 0 Å². The molecule has 1 aliphatic heterocycles. The van der Waals surface area contributed by atoms with E-state index in [0.717, 1.165) is 18.2 Å². The third-order valence-corrected chi connectivity index (χ3v) is 4.14. The molecule has 0 saturated carbocycles. The summed E-state index contributed by atoms with van der Waals surface area (Å²) in [7, 11) is 0. The summed E-state index contributed by atoms with van der Waals surface area (Å²) < 4.78 is 0. The van der Waals surface area contributed by atoms with Gasteiger partial charge in [0.2, 0.25) is 0 Å². The maximum Gasteiger partial charge on any atom is 0.274 e. The number of amides is 1. The number of hydrogen-bond donors (Lipinski definition) is 0. The summed E-state index contributed by atoms with van der Waals surface area (Å²) in [5, 5.41) is 10.8. The molecular formula is C12H12ClN5OS. The molecule has 2 aromatic heterocycles. The molecule has 1 aliphatic rings. The Morgan fingerprint density at radius 1 is 1.20 bits per heavy atom. The highest BCUT2D eigenvalue weighted by atomic mass is 35.5. The number of aromatic nitrogens is 3. The number of nitrogens with zero attached hydrogens (tertiary/aromatic N) is 5. The van der Waals surface area contributed by atoms with Crippen LogP contribution in [0.1, 0.15) is 10.5 Å². The lowest BCUT2D eigenvalue weighted by Gasteiger charge is -2.34. The summed E-state index contributed by atoms with van der Waals surface area (Å²) in [6.07, 6.45) is 1.79. The highest BCUT2D eigenvalue weighted by Crippen LogP contribution is 2.19. The van der Waals surface area contributed by atoms with Crippen molar-refractivity contribution < 1.29 is 4.79 Å². The SMILES string of the molecule is O=C(c1ccc(Cl)nn1)N1CCN(c2nccs2)CC1. The van der Waals surface area contributed by atoms with Crippen LogP contribution in [0.3, 0.4) is 0 Å². The predicted molar refractivity (Wildman–Crippen MR) is 77.3 cm³/mol. The van der Waals surface area contributed by atoms with E-state index in [1.165, 1.54) is 0 Å². The lowest BCUT2D eigenvalue weighted by molar-refractivity contribution is 0.0739. The molecule has 0 aliphatic carbocycles. The van der Waals surface area contributed by atoms with Crippen LogP contribution < -0.4 is 4.90 Å². The van der Waals surface area contributed by atoms with E-state index >= 15 is 0 Å². The molecule has 20 heavy (non-hydrogen) atoms. The molecule has 104 valence electrons. The van der Waals surface area contributed by atoms with Gasteiger partial charge in [-0.05, 0) is 12.1 Å². The molecule has 0 bridgehead atoms. The first kappa shape index (κ1) is 13.3. The van der Waals surface area contributed by atoms with Gasteiger partial charge in [-0.3, -0.25) is 4.79 Å². The molecule has 1 fully saturated rings. The van der Waals surface area contributed by atoms with Crippen LogP contribution in [-0.4, -0.2) is 52.2 Å². The fraction of sp³-hybridized carbons (Fsp3) is 0.333. The van der Waals surface area contributed by atoms with E-state index < -0.39 is 0 Å². The number of anilines is 1. The maximum absolute atomic E-state index is 12.3. The molecule has 0 N–H and O–H groups in total. The van der Waals surface area contributed by atoms with Crippen LogP contribution in [0.5, 0.6) is 0 Å². The van der Waals surface area contributed by atoms with Gasteiger partial charge in [0.25, 0.3) is 5.91 Å². The van der Waals surface area contributed by atoms with Crippen LogP contribution in [0, 0.1) is 0 Å². The van der Waals surface area contributed by atoms with E-state index in [2.05, 4.69) is 20.1 Å². The molecule has 2 aromatic rings. The van der Waals surface area contributed by atoms with Crippen LogP contribution >= 0.6 is 22.9 Å². The first-order valence-electron chi connectivity index (χ1n) is 6.17. The molecule has 0 radical (unpaired) electrons. The van der Waals surface area contributed by atoms with Crippen molar-refractivity contribution >= 4 is 34.0 Å². The number of rotatable bonds is 2. The topological polar surface area (TPSA) is 62.2 Å². The Kier molecular flexibility index (Phi) is 3.79. The quantitative estimate of drug-likeness (QED) is 0.842. The van der Waals surface area contributed by atoms with Gasteiger partial charge in [-0.15, -0.1) is 21.5 Å². The Bertz CT molecular complexity index is 580. The second-order valence-electron chi connectivity index (χ2n) is 4.34. The summed E-state index contributed by atoms with van der Waals surface area (Å²) in [5.74, 6) is -0.104. The van der Waals surface area contributed by atoms with Gasteiger partial charge in [0.05, 0.1) is 0 Å². The second kappa shape index (κ2) is 5.72. The molecule has 3 rings (SSSR count). The van der Waals surface area contributed by atoms with E-state index in [9.17, 15) is 4.79 Å². The molecule has 1 amide bonds. The van der Waals surface area contributed by atoms with Crippen molar-refractivity contribution in [2.45, 2.75) is 0 Å². The Morgan fingerprint density at radius 2 is 2.00 bits per heavy atom. The van der Waals surface area contributed by atoms with Crippen molar-refractivity contribution in [1.29, 1.82) is 0 Å². The third kappa shape index (κ3) is 2.73. The van der Waals surface area contributed by atoms with E-state index in [4.69, 9.17) is 11.6 Å².